The van der Waals surface area contributed by atoms with Crippen molar-refractivity contribution in [2.75, 3.05) is 26.4 Å². The van der Waals surface area contributed by atoms with Gasteiger partial charge < -0.3 is 14.8 Å². The van der Waals surface area contributed by atoms with Gasteiger partial charge in [0.25, 0.3) is 0 Å². The van der Waals surface area contributed by atoms with E-state index in [0.29, 0.717) is 12.1 Å². The molecule has 2 unspecified atom stereocenters. The lowest BCUT2D eigenvalue weighted by Crippen LogP contribution is -2.27. The molecule has 1 saturated carbocycles. The molecule has 1 rings (SSSR count). The van der Waals surface area contributed by atoms with E-state index in [1.165, 1.54) is 19.3 Å². The maximum atomic E-state index is 5.76. The molecule has 0 aromatic rings. The molecule has 3 heteroatoms. The van der Waals surface area contributed by atoms with Gasteiger partial charge in [-0.1, -0.05) is 13.8 Å². The van der Waals surface area contributed by atoms with E-state index < -0.39 is 0 Å². The summed E-state index contributed by atoms with van der Waals surface area (Å²) in [7, 11) is 0. The minimum Gasteiger partial charge on any atom is -0.379 e. The normalized spacial score (nSPS) is 26.0. The Kier molecular flexibility index (Phi) is 6.98. The van der Waals surface area contributed by atoms with Crippen LogP contribution in [0.3, 0.4) is 0 Å². The van der Waals surface area contributed by atoms with Crippen LogP contribution in [0.5, 0.6) is 0 Å². The molecule has 0 heterocycles. The zero-order chi connectivity index (χ0) is 10.9. The van der Waals surface area contributed by atoms with Gasteiger partial charge in [0.1, 0.15) is 0 Å². The van der Waals surface area contributed by atoms with E-state index in [1.807, 2.05) is 0 Å². The fourth-order valence-corrected chi connectivity index (χ4v) is 2.09. The first kappa shape index (κ1) is 12.9. The summed E-state index contributed by atoms with van der Waals surface area (Å²) in [5.41, 5.74) is 0. The molecule has 0 saturated heterocycles. The second-order valence-corrected chi connectivity index (χ2v) is 4.17. The molecule has 0 aromatic carbocycles. The maximum Gasteiger partial charge on any atom is 0.0704 e. The first-order chi connectivity index (χ1) is 7.36. The molecule has 0 amide bonds. The van der Waals surface area contributed by atoms with E-state index in [-0.39, 0.29) is 0 Å². The van der Waals surface area contributed by atoms with Crippen LogP contribution < -0.4 is 5.32 Å². The molecule has 3 nitrogen and oxygen atoms in total. The number of ether oxygens (including phenoxy) is 2. The Morgan fingerprint density at radius 2 is 2.00 bits per heavy atom. The molecule has 0 aliphatic heterocycles. The monoisotopic (exact) mass is 215 g/mol. The molecule has 1 aliphatic carbocycles. The number of hydrogen-bond donors (Lipinski definition) is 1. The Morgan fingerprint density at radius 1 is 1.13 bits per heavy atom. The van der Waals surface area contributed by atoms with Crippen LogP contribution in [0.1, 0.15) is 39.5 Å². The van der Waals surface area contributed by atoms with Gasteiger partial charge >= 0.3 is 0 Å². The minimum atomic E-state index is 0.458. The largest absolute Gasteiger partial charge is 0.379 e. The number of nitrogens with one attached hydrogen (secondary N) is 1. The second-order valence-electron chi connectivity index (χ2n) is 4.17. The lowest BCUT2D eigenvalue weighted by molar-refractivity contribution is 0.00724. The summed E-state index contributed by atoms with van der Waals surface area (Å²) in [6.07, 6.45) is 5.17. The first-order valence-corrected chi connectivity index (χ1v) is 6.29. The van der Waals surface area contributed by atoms with Crippen LogP contribution in [0.2, 0.25) is 0 Å². The Morgan fingerprint density at radius 3 is 2.73 bits per heavy atom. The van der Waals surface area contributed by atoms with E-state index in [2.05, 4.69) is 19.2 Å². The van der Waals surface area contributed by atoms with Gasteiger partial charge in [0.05, 0.1) is 19.3 Å². The summed E-state index contributed by atoms with van der Waals surface area (Å²) < 4.78 is 11.1. The summed E-state index contributed by atoms with van der Waals surface area (Å²) in [4.78, 5) is 0. The summed E-state index contributed by atoms with van der Waals surface area (Å²) in [6, 6.07) is 0.677. The van der Waals surface area contributed by atoms with Crippen molar-refractivity contribution in [2.45, 2.75) is 51.7 Å². The maximum absolute atomic E-state index is 5.76. The van der Waals surface area contributed by atoms with Gasteiger partial charge in [-0.25, -0.2) is 0 Å². The van der Waals surface area contributed by atoms with Gasteiger partial charge in [-0.05, 0) is 32.2 Å². The molecule has 0 spiro atoms. The van der Waals surface area contributed by atoms with Crippen LogP contribution in [0.4, 0.5) is 0 Å². The highest BCUT2D eigenvalue weighted by Gasteiger charge is 2.23. The zero-order valence-corrected chi connectivity index (χ0v) is 10.1. The first-order valence-electron chi connectivity index (χ1n) is 6.29. The van der Waals surface area contributed by atoms with Gasteiger partial charge in [0.2, 0.25) is 0 Å². The van der Waals surface area contributed by atoms with Crippen molar-refractivity contribution in [1.29, 1.82) is 0 Å². The highest BCUT2D eigenvalue weighted by molar-refractivity contribution is 4.80. The molecular weight excluding hydrogens is 190 g/mol. The van der Waals surface area contributed by atoms with Crippen molar-refractivity contribution in [3.63, 3.8) is 0 Å². The molecule has 0 bridgehead atoms. The van der Waals surface area contributed by atoms with Crippen molar-refractivity contribution in [3.8, 4) is 0 Å². The SMILES string of the molecule is CCCOCCOC1CCC(NCC)C1. The quantitative estimate of drug-likeness (QED) is 0.628. The molecule has 90 valence electrons. The summed E-state index contributed by atoms with van der Waals surface area (Å²) in [6.45, 7) is 7.70. The molecule has 0 radical (unpaired) electrons. The number of rotatable bonds is 8. The second kappa shape index (κ2) is 8.08. The third kappa shape index (κ3) is 5.50. The smallest absolute Gasteiger partial charge is 0.0704 e. The molecule has 1 N–H and O–H groups in total. The molecule has 2 atom stereocenters. The Hall–Kier alpha value is -0.120. The average Bonchev–Trinajstić information content (AvgIpc) is 2.66. The molecular formula is C12H25NO2. The van der Waals surface area contributed by atoms with Crippen LogP contribution >= 0.6 is 0 Å². The van der Waals surface area contributed by atoms with E-state index in [0.717, 1.165) is 32.8 Å². The molecule has 1 aliphatic rings. The molecule has 15 heavy (non-hydrogen) atoms. The standard InChI is InChI=1S/C12H25NO2/c1-3-7-14-8-9-15-12-6-5-11(10-12)13-4-2/h11-13H,3-10H2,1-2H3. The van der Waals surface area contributed by atoms with Gasteiger partial charge in [-0.2, -0.15) is 0 Å². The van der Waals surface area contributed by atoms with Crippen LogP contribution in [-0.4, -0.2) is 38.5 Å². The van der Waals surface area contributed by atoms with E-state index in [4.69, 9.17) is 9.47 Å². The Balaban J connectivity index is 1.94. The summed E-state index contributed by atoms with van der Waals surface area (Å²) in [5, 5.41) is 3.47. The summed E-state index contributed by atoms with van der Waals surface area (Å²) >= 11 is 0. The van der Waals surface area contributed by atoms with Crippen molar-refractivity contribution in [2.24, 2.45) is 0 Å². The van der Waals surface area contributed by atoms with Crippen LogP contribution in [0, 0.1) is 0 Å². The van der Waals surface area contributed by atoms with Gasteiger partial charge in [0.15, 0.2) is 0 Å². The fourth-order valence-electron chi connectivity index (χ4n) is 2.09. The Bertz CT molecular complexity index is 153. The van der Waals surface area contributed by atoms with E-state index in [1.54, 1.807) is 0 Å². The van der Waals surface area contributed by atoms with Crippen LogP contribution in [0.25, 0.3) is 0 Å². The van der Waals surface area contributed by atoms with Crippen LogP contribution in [-0.2, 0) is 9.47 Å². The van der Waals surface area contributed by atoms with Crippen molar-refractivity contribution in [1.82, 2.24) is 5.32 Å². The van der Waals surface area contributed by atoms with Gasteiger partial charge in [-0.3, -0.25) is 0 Å². The Labute approximate surface area is 93.5 Å². The topological polar surface area (TPSA) is 30.5 Å². The van der Waals surface area contributed by atoms with E-state index in [9.17, 15) is 0 Å². The molecule has 1 fully saturated rings. The third-order valence-corrected chi connectivity index (χ3v) is 2.81. The van der Waals surface area contributed by atoms with Crippen molar-refractivity contribution < 1.29 is 9.47 Å². The van der Waals surface area contributed by atoms with E-state index >= 15 is 0 Å². The van der Waals surface area contributed by atoms with Gasteiger partial charge in [-0.15, -0.1) is 0 Å². The van der Waals surface area contributed by atoms with Gasteiger partial charge in [0, 0.05) is 12.6 Å². The lowest BCUT2D eigenvalue weighted by Gasteiger charge is -2.13. The minimum absolute atomic E-state index is 0.458. The lowest BCUT2D eigenvalue weighted by atomic mass is 10.2. The van der Waals surface area contributed by atoms with Crippen molar-refractivity contribution in [3.05, 3.63) is 0 Å². The molecule has 0 aromatic heterocycles. The zero-order valence-electron chi connectivity index (χ0n) is 10.1. The fraction of sp³-hybridized carbons (Fsp3) is 1.00. The average molecular weight is 215 g/mol. The highest BCUT2D eigenvalue weighted by atomic mass is 16.5. The highest BCUT2D eigenvalue weighted by Crippen LogP contribution is 2.21. The van der Waals surface area contributed by atoms with Crippen LogP contribution in [0.15, 0.2) is 0 Å². The summed E-state index contributed by atoms with van der Waals surface area (Å²) in [5.74, 6) is 0. The predicted octanol–water partition coefficient (Wildman–Crippen LogP) is 1.96. The predicted molar refractivity (Wildman–Crippen MR) is 62.2 cm³/mol. The van der Waals surface area contributed by atoms with Crippen molar-refractivity contribution >= 4 is 0 Å². The third-order valence-electron chi connectivity index (χ3n) is 2.81. The number of hydrogen-bond acceptors (Lipinski definition) is 3.